The van der Waals surface area contributed by atoms with Crippen LogP contribution in [0.4, 0.5) is 24.7 Å². The lowest BCUT2D eigenvalue weighted by Gasteiger charge is -2.56. The highest BCUT2D eigenvalue weighted by Crippen LogP contribution is 2.41. The molecule has 6 rings (SSSR count). The van der Waals surface area contributed by atoms with Crippen LogP contribution in [0.3, 0.4) is 0 Å². The van der Waals surface area contributed by atoms with Crippen molar-refractivity contribution in [3.63, 3.8) is 0 Å². The summed E-state index contributed by atoms with van der Waals surface area (Å²) in [6.45, 7) is 8.25. The molecule has 0 aliphatic carbocycles. The van der Waals surface area contributed by atoms with E-state index in [0.717, 1.165) is 32.0 Å². The maximum absolute atomic E-state index is 15.4. The normalized spacial score (nSPS) is 20.3. The Balaban J connectivity index is 1.46. The van der Waals surface area contributed by atoms with Gasteiger partial charge in [-0.15, -0.1) is 0 Å². The van der Waals surface area contributed by atoms with Crippen LogP contribution < -0.4 is 10.2 Å². The zero-order valence-electron chi connectivity index (χ0n) is 22.0. The topological polar surface area (TPSA) is 94.5 Å². The summed E-state index contributed by atoms with van der Waals surface area (Å²) < 4.78 is 45.0. The lowest BCUT2D eigenvalue weighted by atomic mass is 9.87. The molecule has 0 saturated carbocycles. The molecule has 3 saturated heterocycles. The van der Waals surface area contributed by atoms with E-state index in [4.69, 9.17) is 0 Å². The number of carbonyl (C=O) groups is 1. The number of benzene rings is 1. The molecule has 3 aliphatic heterocycles. The molecule has 38 heavy (non-hydrogen) atoms. The van der Waals surface area contributed by atoms with Crippen LogP contribution in [-0.4, -0.2) is 61.6 Å². The van der Waals surface area contributed by atoms with E-state index in [2.05, 4.69) is 25.2 Å². The zero-order valence-corrected chi connectivity index (χ0v) is 22.0. The molecule has 3 aromatic rings. The Bertz CT molecular complexity index is 1400. The molecule has 0 radical (unpaired) electrons. The van der Waals surface area contributed by atoms with Gasteiger partial charge in [-0.2, -0.15) is 8.78 Å². The molecule has 3 fully saturated rings. The van der Waals surface area contributed by atoms with Crippen molar-refractivity contribution in [2.45, 2.75) is 70.7 Å². The number of piperazine rings is 1. The van der Waals surface area contributed by atoms with Crippen LogP contribution in [0.15, 0.2) is 30.5 Å². The lowest BCUT2D eigenvalue weighted by molar-refractivity contribution is -0.170. The van der Waals surface area contributed by atoms with E-state index < -0.39 is 28.9 Å². The van der Waals surface area contributed by atoms with Gasteiger partial charge in [0.1, 0.15) is 23.1 Å². The number of fused-ring (bicyclic) bond motifs is 3. The largest absolute Gasteiger partial charge is 0.384 e. The summed E-state index contributed by atoms with van der Waals surface area (Å²) in [6, 6.07) is 5.28. The molecule has 3 aliphatic rings. The van der Waals surface area contributed by atoms with Gasteiger partial charge in [0.05, 0.1) is 41.0 Å². The standard InChI is InChI=1S/C27H31F3N6O2/c1-14(20-7-6-8-22(23(20)28)27(29,30)26(4,5)38)32-25-21-10-17(11-31-24(21)33-15(2)34-25)35-12-18-9-19(13-35)36(18)16(3)37/h6-8,10-11,14,18-19,38H,9,12-13H2,1-5H3,(H,31,32,33,34). The van der Waals surface area contributed by atoms with Crippen molar-refractivity contribution in [2.24, 2.45) is 0 Å². The first-order valence-corrected chi connectivity index (χ1v) is 12.6. The Hall–Kier alpha value is -3.47. The molecule has 0 spiro atoms. The van der Waals surface area contributed by atoms with Gasteiger partial charge >= 0.3 is 5.92 Å². The highest BCUT2D eigenvalue weighted by atomic mass is 19.3. The Labute approximate surface area is 218 Å². The third-order valence-electron chi connectivity index (χ3n) is 7.53. The minimum Gasteiger partial charge on any atom is -0.384 e. The van der Waals surface area contributed by atoms with Crippen molar-refractivity contribution >= 4 is 28.4 Å². The number of hydrogen-bond donors (Lipinski definition) is 2. The summed E-state index contributed by atoms with van der Waals surface area (Å²) in [6.07, 6.45) is 2.73. The number of alkyl halides is 2. The minimum absolute atomic E-state index is 0.0143. The molecule has 2 bridgehead atoms. The van der Waals surface area contributed by atoms with Crippen LogP contribution in [-0.2, 0) is 10.7 Å². The molecule has 5 heterocycles. The van der Waals surface area contributed by atoms with Gasteiger partial charge in [-0.1, -0.05) is 12.1 Å². The number of anilines is 2. The van der Waals surface area contributed by atoms with Gasteiger partial charge in [-0.3, -0.25) is 4.79 Å². The predicted octanol–water partition coefficient (Wildman–Crippen LogP) is 4.32. The van der Waals surface area contributed by atoms with Crippen LogP contribution >= 0.6 is 0 Å². The molecule has 11 heteroatoms. The number of pyridine rings is 1. The minimum atomic E-state index is -3.79. The van der Waals surface area contributed by atoms with Crippen molar-refractivity contribution in [1.29, 1.82) is 0 Å². The van der Waals surface area contributed by atoms with Crippen LogP contribution in [0, 0.1) is 12.7 Å². The molecule has 3 atom stereocenters. The van der Waals surface area contributed by atoms with Crippen molar-refractivity contribution in [3.8, 4) is 0 Å². The molecular weight excluding hydrogens is 497 g/mol. The summed E-state index contributed by atoms with van der Waals surface area (Å²) in [4.78, 5) is 29.5. The first-order chi connectivity index (χ1) is 17.8. The molecule has 3 unspecified atom stereocenters. The second-order valence-electron chi connectivity index (χ2n) is 10.8. The highest BCUT2D eigenvalue weighted by molar-refractivity contribution is 5.89. The number of nitrogens with one attached hydrogen (secondary N) is 1. The first-order valence-electron chi connectivity index (χ1n) is 12.6. The van der Waals surface area contributed by atoms with Gasteiger partial charge in [0.15, 0.2) is 5.65 Å². The Morgan fingerprint density at radius 3 is 2.53 bits per heavy atom. The predicted molar refractivity (Wildman–Crippen MR) is 138 cm³/mol. The summed E-state index contributed by atoms with van der Waals surface area (Å²) >= 11 is 0. The van der Waals surface area contributed by atoms with E-state index in [1.54, 1.807) is 27.0 Å². The summed E-state index contributed by atoms with van der Waals surface area (Å²) in [5.74, 6) is -3.94. The number of hydrogen-bond acceptors (Lipinski definition) is 7. The number of halogens is 3. The van der Waals surface area contributed by atoms with Gasteiger partial charge in [-0.05, 0) is 46.2 Å². The first kappa shape index (κ1) is 26.1. The fraction of sp³-hybridized carbons (Fsp3) is 0.481. The average Bonchev–Trinajstić information content (AvgIpc) is 2.82. The SMILES string of the molecule is CC(=O)N1C2CC1CN(c1cnc3nc(C)nc(NC(C)c4cccc(C(F)(F)C(C)(C)O)c4F)c3c1)C2. The monoisotopic (exact) mass is 528 g/mol. The van der Waals surface area contributed by atoms with Gasteiger partial charge in [0, 0.05) is 25.6 Å². The maximum atomic E-state index is 15.4. The third-order valence-corrected chi connectivity index (χ3v) is 7.53. The van der Waals surface area contributed by atoms with Crippen LogP contribution in [0.1, 0.15) is 57.1 Å². The number of aliphatic hydroxyl groups is 1. The second-order valence-corrected chi connectivity index (χ2v) is 10.8. The molecule has 8 nitrogen and oxygen atoms in total. The fourth-order valence-electron chi connectivity index (χ4n) is 5.47. The number of aryl methyl sites for hydroxylation is 1. The summed E-state index contributed by atoms with van der Waals surface area (Å²) in [5.41, 5.74) is -1.99. The Kier molecular flexibility index (Phi) is 6.24. The van der Waals surface area contributed by atoms with Crippen molar-refractivity contribution in [2.75, 3.05) is 23.3 Å². The second kappa shape index (κ2) is 9.07. The number of carbonyl (C=O) groups excluding carboxylic acids is 1. The Morgan fingerprint density at radius 1 is 1.21 bits per heavy atom. The van der Waals surface area contributed by atoms with Crippen molar-refractivity contribution in [1.82, 2.24) is 19.9 Å². The lowest BCUT2D eigenvalue weighted by Crippen LogP contribution is -2.70. The maximum Gasteiger partial charge on any atom is 0.303 e. The average molecular weight is 529 g/mol. The summed E-state index contributed by atoms with van der Waals surface area (Å²) in [7, 11) is 0. The molecular formula is C27H31F3N6O2. The molecule has 202 valence electrons. The van der Waals surface area contributed by atoms with E-state index in [9.17, 15) is 18.7 Å². The van der Waals surface area contributed by atoms with Gasteiger partial charge in [0.2, 0.25) is 5.91 Å². The van der Waals surface area contributed by atoms with Gasteiger partial charge in [0.25, 0.3) is 0 Å². The van der Waals surface area contributed by atoms with Crippen LogP contribution in [0.5, 0.6) is 0 Å². The number of amides is 1. The van der Waals surface area contributed by atoms with Gasteiger partial charge < -0.3 is 20.2 Å². The van der Waals surface area contributed by atoms with Gasteiger partial charge in [-0.25, -0.2) is 19.3 Å². The molecule has 2 aromatic heterocycles. The molecule has 2 N–H and O–H groups in total. The van der Waals surface area contributed by atoms with Crippen molar-refractivity contribution in [3.05, 3.63) is 53.2 Å². The Morgan fingerprint density at radius 2 is 1.89 bits per heavy atom. The zero-order chi connectivity index (χ0) is 27.6. The third kappa shape index (κ3) is 4.32. The molecule has 1 aromatic carbocycles. The number of rotatable bonds is 6. The van der Waals surface area contributed by atoms with E-state index in [1.165, 1.54) is 12.1 Å². The van der Waals surface area contributed by atoms with Crippen molar-refractivity contribution < 1.29 is 23.1 Å². The van der Waals surface area contributed by atoms with E-state index >= 15 is 4.39 Å². The van der Waals surface area contributed by atoms with E-state index in [-0.39, 0.29) is 23.6 Å². The number of aromatic nitrogens is 3. The summed E-state index contributed by atoms with van der Waals surface area (Å²) in [5, 5.41) is 13.7. The fourth-order valence-corrected chi connectivity index (χ4v) is 5.47. The van der Waals surface area contributed by atoms with E-state index in [1.807, 2.05) is 11.0 Å². The van der Waals surface area contributed by atoms with Crippen LogP contribution in [0.2, 0.25) is 0 Å². The highest BCUT2D eigenvalue weighted by Gasteiger charge is 2.49. The van der Waals surface area contributed by atoms with Crippen LogP contribution in [0.25, 0.3) is 11.0 Å². The smallest absolute Gasteiger partial charge is 0.303 e. The number of piperidine rings is 1. The molecule has 1 amide bonds. The quantitative estimate of drug-likeness (QED) is 0.492. The number of nitrogens with zero attached hydrogens (tertiary/aromatic N) is 5. The van der Waals surface area contributed by atoms with E-state index in [0.29, 0.717) is 35.8 Å².